The van der Waals surface area contributed by atoms with Crippen LogP contribution in [0.5, 0.6) is 5.75 Å². The SMILES string of the molecule is O=C1CN(c2ccc(NC(=O)Cc3csc(COc4ccc(Cl)cc4)n3)cc2Cl)CCN1. The minimum absolute atomic E-state index is 0.0362. The molecule has 0 unspecified atom stereocenters. The molecule has 3 aromatic rings. The summed E-state index contributed by atoms with van der Waals surface area (Å²) in [6, 6.07) is 12.4. The van der Waals surface area contributed by atoms with E-state index >= 15 is 0 Å². The minimum atomic E-state index is -0.193. The van der Waals surface area contributed by atoms with E-state index in [4.69, 9.17) is 27.9 Å². The smallest absolute Gasteiger partial charge is 0.239 e. The van der Waals surface area contributed by atoms with Gasteiger partial charge < -0.3 is 20.3 Å². The van der Waals surface area contributed by atoms with Gasteiger partial charge in [0.1, 0.15) is 17.4 Å². The fraction of sp³-hybridized carbons (Fsp3) is 0.227. The molecule has 1 fully saturated rings. The number of nitrogens with zero attached hydrogens (tertiary/aromatic N) is 2. The monoisotopic (exact) mass is 490 g/mol. The van der Waals surface area contributed by atoms with Gasteiger partial charge in [0.2, 0.25) is 11.8 Å². The topological polar surface area (TPSA) is 83.6 Å². The van der Waals surface area contributed by atoms with E-state index in [2.05, 4.69) is 15.6 Å². The summed E-state index contributed by atoms with van der Waals surface area (Å²) in [7, 11) is 0. The molecule has 10 heteroatoms. The van der Waals surface area contributed by atoms with E-state index in [-0.39, 0.29) is 24.8 Å². The van der Waals surface area contributed by atoms with Crippen molar-refractivity contribution in [1.82, 2.24) is 10.3 Å². The van der Waals surface area contributed by atoms with Gasteiger partial charge >= 0.3 is 0 Å². The van der Waals surface area contributed by atoms with Gasteiger partial charge in [-0.15, -0.1) is 11.3 Å². The number of anilines is 2. The van der Waals surface area contributed by atoms with Crippen molar-refractivity contribution in [2.24, 2.45) is 0 Å². The van der Waals surface area contributed by atoms with Crippen LogP contribution >= 0.6 is 34.5 Å². The molecule has 2 aromatic carbocycles. The number of hydrogen-bond donors (Lipinski definition) is 2. The molecule has 2 amide bonds. The first kappa shape index (κ1) is 22.4. The Bertz CT molecular complexity index is 1120. The predicted molar refractivity (Wildman–Crippen MR) is 127 cm³/mol. The molecule has 2 N–H and O–H groups in total. The Hall–Kier alpha value is -2.81. The molecule has 0 bridgehead atoms. The molecule has 0 saturated carbocycles. The van der Waals surface area contributed by atoms with Crippen molar-refractivity contribution < 1.29 is 14.3 Å². The number of hydrogen-bond acceptors (Lipinski definition) is 6. The van der Waals surface area contributed by atoms with Crippen LogP contribution in [0.2, 0.25) is 10.0 Å². The molecule has 0 spiro atoms. The highest BCUT2D eigenvalue weighted by atomic mass is 35.5. The van der Waals surface area contributed by atoms with E-state index in [1.54, 1.807) is 36.4 Å². The zero-order valence-electron chi connectivity index (χ0n) is 16.9. The van der Waals surface area contributed by atoms with Crippen LogP contribution in [-0.4, -0.2) is 36.4 Å². The van der Waals surface area contributed by atoms with Crippen LogP contribution in [0.1, 0.15) is 10.7 Å². The van der Waals surface area contributed by atoms with Gasteiger partial charge in [0.25, 0.3) is 0 Å². The third-order valence-corrected chi connectivity index (χ3v) is 6.15. The normalized spacial score (nSPS) is 13.6. The molecule has 2 heterocycles. The maximum atomic E-state index is 12.4. The Morgan fingerprint density at radius 2 is 2.03 bits per heavy atom. The van der Waals surface area contributed by atoms with Crippen molar-refractivity contribution in [1.29, 1.82) is 0 Å². The lowest BCUT2D eigenvalue weighted by molar-refractivity contribution is -0.120. The number of halogens is 2. The van der Waals surface area contributed by atoms with Gasteiger partial charge in [0.15, 0.2) is 0 Å². The maximum absolute atomic E-state index is 12.4. The molecule has 0 aliphatic carbocycles. The van der Waals surface area contributed by atoms with Gasteiger partial charge in [0, 0.05) is 29.2 Å². The van der Waals surface area contributed by atoms with E-state index in [1.807, 2.05) is 16.3 Å². The highest BCUT2D eigenvalue weighted by Gasteiger charge is 2.19. The highest BCUT2D eigenvalue weighted by molar-refractivity contribution is 7.09. The molecule has 1 aliphatic heterocycles. The lowest BCUT2D eigenvalue weighted by atomic mass is 10.2. The van der Waals surface area contributed by atoms with Crippen molar-refractivity contribution >= 4 is 57.7 Å². The third kappa shape index (κ3) is 5.91. The Morgan fingerprint density at radius 3 is 2.78 bits per heavy atom. The molecule has 7 nitrogen and oxygen atoms in total. The molecular weight excluding hydrogens is 471 g/mol. The number of benzene rings is 2. The Kier molecular flexibility index (Phi) is 7.14. The van der Waals surface area contributed by atoms with Crippen LogP contribution in [0.15, 0.2) is 47.8 Å². The van der Waals surface area contributed by atoms with Crippen LogP contribution in [-0.2, 0) is 22.6 Å². The van der Waals surface area contributed by atoms with Gasteiger partial charge in [-0.1, -0.05) is 23.2 Å². The molecule has 0 radical (unpaired) electrons. The zero-order chi connectivity index (χ0) is 22.5. The first-order valence-corrected chi connectivity index (χ1v) is 11.5. The fourth-order valence-corrected chi connectivity index (χ4v) is 4.36. The van der Waals surface area contributed by atoms with E-state index in [1.165, 1.54) is 11.3 Å². The summed E-state index contributed by atoms with van der Waals surface area (Å²) in [5.41, 5.74) is 2.03. The number of nitrogens with one attached hydrogen (secondary N) is 2. The molecule has 1 aromatic heterocycles. The molecular formula is C22H20Cl2N4O3S. The number of aromatic nitrogens is 1. The van der Waals surface area contributed by atoms with E-state index in [9.17, 15) is 9.59 Å². The van der Waals surface area contributed by atoms with Crippen LogP contribution in [0, 0.1) is 0 Å². The van der Waals surface area contributed by atoms with Crippen LogP contribution in [0.4, 0.5) is 11.4 Å². The Morgan fingerprint density at radius 1 is 1.22 bits per heavy atom. The van der Waals surface area contributed by atoms with E-state index in [0.29, 0.717) is 46.9 Å². The van der Waals surface area contributed by atoms with Crippen molar-refractivity contribution in [3.05, 3.63) is 68.6 Å². The number of thiazole rings is 1. The second-order valence-electron chi connectivity index (χ2n) is 7.14. The van der Waals surface area contributed by atoms with Crippen molar-refractivity contribution in [3.63, 3.8) is 0 Å². The average molecular weight is 491 g/mol. The number of rotatable bonds is 7. The quantitative estimate of drug-likeness (QED) is 0.519. The van der Waals surface area contributed by atoms with Gasteiger partial charge in [-0.2, -0.15) is 0 Å². The number of piperazine rings is 1. The molecule has 1 aliphatic rings. The summed E-state index contributed by atoms with van der Waals surface area (Å²) < 4.78 is 5.69. The lowest BCUT2D eigenvalue weighted by Gasteiger charge is -2.29. The fourth-order valence-electron chi connectivity index (χ4n) is 3.23. The van der Waals surface area contributed by atoms with E-state index < -0.39 is 0 Å². The summed E-state index contributed by atoms with van der Waals surface area (Å²) in [5, 5.41) is 9.38. The summed E-state index contributed by atoms with van der Waals surface area (Å²) in [6.45, 7) is 1.85. The minimum Gasteiger partial charge on any atom is -0.486 e. The van der Waals surface area contributed by atoms with Crippen LogP contribution in [0.3, 0.4) is 0 Å². The van der Waals surface area contributed by atoms with Crippen molar-refractivity contribution in [2.45, 2.75) is 13.0 Å². The van der Waals surface area contributed by atoms with E-state index in [0.717, 1.165) is 10.7 Å². The molecule has 1 saturated heterocycles. The van der Waals surface area contributed by atoms with Crippen molar-refractivity contribution in [3.8, 4) is 5.75 Å². The lowest BCUT2D eigenvalue weighted by Crippen LogP contribution is -2.47. The van der Waals surface area contributed by atoms with Crippen LogP contribution < -0.4 is 20.3 Å². The second kappa shape index (κ2) is 10.2. The Labute approximate surface area is 199 Å². The first-order valence-electron chi connectivity index (χ1n) is 9.89. The molecule has 32 heavy (non-hydrogen) atoms. The third-order valence-electron chi connectivity index (χ3n) is 4.73. The largest absolute Gasteiger partial charge is 0.486 e. The summed E-state index contributed by atoms with van der Waals surface area (Å²) in [5.74, 6) is 0.474. The second-order valence-corrected chi connectivity index (χ2v) is 8.92. The standard InChI is InChI=1S/C22H20Cl2N4O3S/c23-14-1-4-17(5-2-14)31-12-22-27-16(13-32-22)10-20(29)26-15-3-6-19(18(24)9-15)28-8-7-25-21(30)11-28/h1-6,9,13H,7-8,10-12H2,(H,25,30)(H,26,29). The van der Waals surface area contributed by atoms with Crippen molar-refractivity contribution in [2.75, 3.05) is 29.9 Å². The molecule has 166 valence electrons. The highest BCUT2D eigenvalue weighted by Crippen LogP contribution is 2.29. The maximum Gasteiger partial charge on any atom is 0.239 e. The average Bonchev–Trinajstić information content (AvgIpc) is 3.20. The predicted octanol–water partition coefficient (Wildman–Crippen LogP) is 4.15. The van der Waals surface area contributed by atoms with Gasteiger partial charge in [0.05, 0.1) is 29.4 Å². The summed E-state index contributed by atoms with van der Waals surface area (Å²) in [6.07, 6.45) is 0.142. The first-order chi connectivity index (χ1) is 15.5. The Balaban J connectivity index is 1.30. The number of carbonyl (C=O) groups is 2. The van der Waals surface area contributed by atoms with Crippen LogP contribution in [0.25, 0.3) is 0 Å². The van der Waals surface area contributed by atoms with Gasteiger partial charge in [-0.05, 0) is 42.5 Å². The van der Waals surface area contributed by atoms with Gasteiger partial charge in [-0.25, -0.2) is 4.98 Å². The number of amides is 2. The number of ether oxygens (including phenoxy) is 1. The zero-order valence-corrected chi connectivity index (χ0v) is 19.3. The summed E-state index contributed by atoms with van der Waals surface area (Å²) in [4.78, 5) is 30.4. The molecule has 0 atom stereocenters. The number of carbonyl (C=O) groups excluding carboxylic acids is 2. The summed E-state index contributed by atoms with van der Waals surface area (Å²) >= 11 is 13.7. The molecule has 4 rings (SSSR count). The van der Waals surface area contributed by atoms with Gasteiger partial charge in [-0.3, -0.25) is 9.59 Å².